The normalized spacial score (nSPS) is 14.0. The molecule has 1 aromatic rings. The number of para-hydroxylation sites is 1. The van der Waals surface area contributed by atoms with Crippen molar-refractivity contribution < 1.29 is 14.2 Å². The minimum atomic E-state index is -0.322. The van der Waals surface area contributed by atoms with Gasteiger partial charge in [0, 0.05) is 5.54 Å². The first kappa shape index (κ1) is 16.9. The lowest BCUT2D eigenvalue weighted by Crippen LogP contribution is -2.46. The number of halogens is 1. The predicted molar refractivity (Wildman–Crippen MR) is 79.5 cm³/mol. The molecule has 1 unspecified atom stereocenters. The smallest absolute Gasteiger partial charge is 0.165 e. The molecule has 0 amide bonds. The second-order valence-electron chi connectivity index (χ2n) is 5.38. The van der Waals surface area contributed by atoms with Crippen molar-refractivity contribution in [2.75, 3.05) is 19.8 Å². The molecule has 0 bridgehead atoms. The van der Waals surface area contributed by atoms with Gasteiger partial charge in [0.05, 0.1) is 13.2 Å². The van der Waals surface area contributed by atoms with Gasteiger partial charge in [-0.3, -0.25) is 0 Å². The van der Waals surface area contributed by atoms with E-state index in [1.165, 1.54) is 6.07 Å². The van der Waals surface area contributed by atoms with Crippen molar-refractivity contribution in [1.82, 2.24) is 5.32 Å². The Balaban J connectivity index is 2.22. The van der Waals surface area contributed by atoms with Gasteiger partial charge in [-0.15, -0.1) is 0 Å². The summed E-state index contributed by atoms with van der Waals surface area (Å²) in [6.45, 7) is 5.66. The molecule has 1 aromatic carbocycles. The van der Waals surface area contributed by atoms with Gasteiger partial charge in [0.1, 0.15) is 0 Å². The number of aliphatic hydroxyl groups is 1. The van der Waals surface area contributed by atoms with Gasteiger partial charge in [-0.1, -0.05) is 19.1 Å². The predicted octanol–water partition coefficient (Wildman–Crippen LogP) is 3.13. The maximum Gasteiger partial charge on any atom is 0.165 e. The number of benzene rings is 1. The van der Waals surface area contributed by atoms with E-state index in [2.05, 4.69) is 12.2 Å². The molecular formula is C16H26FNO2. The lowest BCUT2D eigenvalue weighted by Gasteiger charge is -2.28. The summed E-state index contributed by atoms with van der Waals surface area (Å²) in [6, 6.07) is 6.44. The van der Waals surface area contributed by atoms with Crippen LogP contribution in [0.5, 0.6) is 5.75 Å². The first-order valence-corrected chi connectivity index (χ1v) is 7.34. The summed E-state index contributed by atoms with van der Waals surface area (Å²) in [6.07, 6.45) is 3.70. The van der Waals surface area contributed by atoms with Gasteiger partial charge in [0.2, 0.25) is 0 Å². The average molecular weight is 283 g/mol. The highest BCUT2D eigenvalue weighted by atomic mass is 19.1. The Morgan fingerprint density at radius 2 is 2.05 bits per heavy atom. The van der Waals surface area contributed by atoms with Crippen molar-refractivity contribution in [3.05, 3.63) is 30.1 Å². The minimum absolute atomic E-state index is 0.126. The highest BCUT2D eigenvalue weighted by Gasteiger charge is 2.21. The zero-order valence-electron chi connectivity index (χ0n) is 12.5. The van der Waals surface area contributed by atoms with Crippen LogP contribution in [0.25, 0.3) is 0 Å². The van der Waals surface area contributed by atoms with Crippen molar-refractivity contribution in [3.63, 3.8) is 0 Å². The Hall–Kier alpha value is -1.13. The van der Waals surface area contributed by atoms with E-state index in [-0.39, 0.29) is 18.0 Å². The van der Waals surface area contributed by atoms with E-state index in [1.54, 1.807) is 18.2 Å². The number of rotatable bonds is 10. The van der Waals surface area contributed by atoms with Crippen LogP contribution in [0.2, 0.25) is 0 Å². The first-order chi connectivity index (χ1) is 9.61. The zero-order chi connectivity index (χ0) is 14.8. The molecule has 0 radical (unpaired) electrons. The van der Waals surface area contributed by atoms with Crippen LogP contribution in [0.4, 0.5) is 4.39 Å². The number of unbranched alkanes of at least 4 members (excludes halogenated alkanes) is 1. The summed E-state index contributed by atoms with van der Waals surface area (Å²) in [5.74, 6) is -0.0150. The van der Waals surface area contributed by atoms with E-state index in [9.17, 15) is 9.50 Å². The molecule has 0 aliphatic rings. The van der Waals surface area contributed by atoms with E-state index in [4.69, 9.17) is 4.74 Å². The molecule has 0 saturated heterocycles. The van der Waals surface area contributed by atoms with Gasteiger partial charge in [0.25, 0.3) is 0 Å². The van der Waals surface area contributed by atoms with E-state index in [0.717, 1.165) is 32.2 Å². The number of ether oxygens (including phenoxy) is 1. The molecule has 0 aliphatic heterocycles. The maximum absolute atomic E-state index is 13.3. The first-order valence-electron chi connectivity index (χ1n) is 7.34. The van der Waals surface area contributed by atoms with Crippen LogP contribution in [-0.4, -0.2) is 30.4 Å². The van der Waals surface area contributed by atoms with Crippen LogP contribution < -0.4 is 10.1 Å². The van der Waals surface area contributed by atoms with Gasteiger partial charge < -0.3 is 15.2 Å². The van der Waals surface area contributed by atoms with Crippen LogP contribution in [0.1, 0.15) is 39.5 Å². The molecule has 0 heterocycles. The van der Waals surface area contributed by atoms with Crippen LogP contribution in [-0.2, 0) is 0 Å². The second-order valence-corrected chi connectivity index (χ2v) is 5.38. The van der Waals surface area contributed by atoms with Gasteiger partial charge in [-0.2, -0.15) is 0 Å². The molecule has 114 valence electrons. The van der Waals surface area contributed by atoms with Crippen molar-refractivity contribution in [2.24, 2.45) is 0 Å². The lowest BCUT2D eigenvalue weighted by molar-refractivity contribution is 0.160. The van der Waals surface area contributed by atoms with Crippen LogP contribution in [0.15, 0.2) is 24.3 Å². The standard InChI is InChI=1S/C16H26FNO2/c1-3-11-18-16(2,13-19)10-6-7-12-20-15-9-5-4-8-14(15)17/h4-5,8-9,18-19H,3,6-7,10-13H2,1-2H3. The Morgan fingerprint density at radius 3 is 2.70 bits per heavy atom. The summed E-state index contributed by atoms with van der Waals surface area (Å²) in [7, 11) is 0. The van der Waals surface area contributed by atoms with Gasteiger partial charge in [-0.05, 0) is 51.3 Å². The van der Waals surface area contributed by atoms with Crippen LogP contribution >= 0.6 is 0 Å². The molecule has 3 nitrogen and oxygen atoms in total. The van der Waals surface area contributed by atoms with Crippen LogP contribution in [0, 0.1) is 5.82 Å². The fraction of sp³-hybridized carbons (Fsp3) is 0.625. The molecule has 0 aromatic heterocycles. The molecule has 4 heteroatoms. The van der Waals surface area contributed by atoms with Gasteiger partial charge in [-0.25, -0.2) is 4.39 Å². The van der Waals surface area contributed by atoms with E-state index in [0.29, 0.717) is 12.4 Å². The molecule has 1 atom stereocenters. The third-order valence-electron chi connectivity index (χ3n) is 3.37. The van der Waals surface area contributed by atoms with Crippen molar-refractivity contribution in [1.29, 1.82) is 0 Å². The molecule has 20 heavy (non-hydrogen) atoms. The van der Waals surface area contributed by atoms with Crippen LogP contribution in [0.3, 0.4) is 0 Å². The highest BCUT2D eigenvalue weighted by molar-refractivity contribution is 5.23. The molecule has 0 saturated carbocycles. The van der Waals surface area contributed by atoms with Crippen molar-refractivity contribution in [3.8, 4) is 5.75 Å². The van der Waals surface area contributed by atoms with Crippen molar-refractivity contribution >= 4 is 0 Å². The molecule has 0 fully saturated rings. The Labute approximate surface area is 121 Å². The SMILES string of the molecule is CCCNC(C)(CO)CCCCOc1ccccc1F. The fourth-order valence-electron chi connectivity index (χ4n) is 2.01. The number of hydrogen-bond donors (Lipinski definition) is 2. The second kappa shape index (κ2) is 8.93. The average Bonchev–Trinajstić information content (AvgIpc) is 2.46. The highest BCUT2D eigenvalue weighted by Crippen LogP contribution is 2.17. The summed E-state index contributed by atoms with van der Waals surface area (Å²) in [5, 5.41) is 12.8. The third-order valence-corrected chi connectivity index (χ3v) is 3.37. The molecule has 1 rings (SSSR count). The molecule has 0 aliphatic carbocycles. The van der Waals surface area contributed by atoms with Gasteiger partial charge in [0.15, 0.2) is 11.6 Å². The minimum Gasteiger partial charge on any atom is -0.491 e. The topological polar surface area (TPSA) is 41.5 Å². The number of hydrogen-bond acceptors (Lipinski definition) is 3. The quantitative estimate of drug-likeness (QED) is 0.648. The summed E-state index contributed by atoms with van der Waals surface area (Å²) < 4.78 is 18.7. The number of nitrogens with one attached hydrogen (secondary N) is 1. The molecule has 2 N–H and O–H groups in total. The monoisotopic (exact) mass is 283 g/mol. The molecule has 0 spiro atoms. The molecular weight excluding hydrogens is 257 g/mol. The Kier molecular flexibility index (Phi) is 7.55. The third kappa shape index (κ3) is 5.88. The summed E-state index contributed by atoms with van der Waals surface area (Å²) in [5.41, 5.74) is -0.228. The fourth-order valence-corrected chi connectivity index (χ4v) is 2.01. The van der Waals surface area contributed by atoms with E-state index in [1.807, 2.05) is 6.92 Å². The Morgan fingerprint density at radius 1 is 1.30 bits per heavy atom. The Bertz CT molecular complexity index is 386. The summed E-state index contributed by atoms with van der Waals surface area (Å²) in [4.78, 5) is 0. The summed E-state index contributed by atoms with van der Waals surface area (Å²) >= 11 is 0. The van der Waals surface area contributed by atoms with E-state index >= 15 is 0 Å². The zero-order valence-corrected chi connectivity index (χ0v) is 12.5. The largest absolute Gasteiger partial charge is 0.491 e. The van der Waals surface area contributed by atoms with Crippen molar-refractivity contribution in [2.45, 2.75) is 45.1 Å². The van der Waals surface area contributed by atoms with E-state index < -0.39 is 0 Å². The maximum atomic E-state index is 13.3. The number of aliphatic hydroxyl groups excluding tert-OH is 1. The van der Waals surface area contributed by atoms with Gasteiger partial charge >= 0.3 is 0 Å². The lowest BCUT2D eigenvalue weighted by atomic mass is 9.95.